The summed E-state index contributed by atoms with van der Waals surface area (Å²) < 4.78 is 25.7. The fourth-order valence-electron chi connectivity index (χ4n) is 1.17. The molecule has 0 bridgehead atoms. The topological polar surface area (TPSA) is 110 Å². The molecule has 0 heterocycles. The first-order chi connectivity index (χ1) is 8.24. The Morgan fingerprint density at radius 3 is 2.67 bits per heavy atom. The Kier molecular flexibility index (Phi) is 4.63. The van der Waals surface area contributed by atoms with Crippen LogP contribution in [0, 0.1) is 10.1 Å². The van der Waals surface area contributed by atoms with Crippen LogP contribution in [0.2, 0.25) is 5.02 Å². The molecule has 0 aliphatic heterocycles. The van der Waals surface area contributed by atoms with Gasteiger partial charge in [-0.25, -0.2) is 13.1 Å². The molecule has 1 atom stereocenters. The van der Waals surface area contributed by atoms with Gasteiger partial charge in [-0.15, -0.1) is 0 Å². The van der Waals surface area contributed by atoms with E-state index in [9.17, 15) is 18.5 Å². The van der Waals surface area contributed by atoms with Crippen LogP contribution in [0.4, 0.5) is 5.69 Å². The summed E-state index contributed by atoms with van der Waals surface area (Å²) in [4.78, 5) is 9.45. The summed E-state index contributed by atoms with van der Waals surface area (Å²) in [6.45, 7) is 1.15. The van der Waals surface area contributed by atoms with E-state index in [-0.39, 0.29) is 11.6 Å². The molecule has 0 saturated carbocycles. The Hall–Kier alpha value is -1.22. The summed E-state index contributed by atoms with van der Waals surface area (Å²) >= 11 is 5.58. The lowest BCUT2D eigenvalue weighted by atomic mass is 10.3. The van der Waals surface area contributed by atoms with Gasteiger partial charge < -0.3 is 5.11 Å². The highest BCUT2D eigenvalue weighted by Crippen LogP contribution is 2.26. The molecule has 0 unspecified atom stereocenters. The molecule has 100 valence electrons. The van der Waals surface area contributed by atoms with Crippen molar-refractivity contribution < 1.29 is 18.4 Å². The molecule has 2 N–H and O–H groups in total. The Labute approximate surface area is 109 Å². The molecule has 0 aliphatic carbocycles. The highest BCUT2D eigenvalue weighted by molar-refractivity contribution is 7.89. The maximum Gasteiger partial charge on any atom is 0.290 e. The van der Waals surface area contributed by atoms with Crippen LogP contribution in [0.1, 0.15) is 6.92 Å². The molecule has 1 rings (SSSR count). The second kappa shape index (κ2) is 5.61. The van der Waals surface area contributed by atoms with E-state index in [2.05, 4.69) is 4.72 Å². The van der Waals surface area contributed by atoms with Gasteiger partial charge in [0.05, 0.1) is 11.0 Å². The highest BCUT2D eigenvalue weighted by atomic mass is 35.5. The van der Waals surface area contributed by atoms with Crippen molar-refractivity contribution in [1.82, 2.24) is 4.72 Å². The summed E-state index contributed by atoms with van der Waals surface area (Å²) in [6.07, 6.45) is -0.897. The van der Waals surface area contributed by atoms with Crippen LogP contribution in [-0.2, 0) is 10.0 Å². The van der Waals surface area contributed by atoms with Gasteiger partial charge in [-0.2, -0.15) is 0 Å². The lowest BCUT2D eigenvalue weighted by molar-refractivity contribution is -0.387. The van der Waals surface area contributed by atoms with E-state index in [1.807, 2.05) is 0 Å². The van der Waals surface area contributed by atoms with Gasteiger partial charge in [0.1, 0.15) is 0 Å². The monoisotopic (exact) mass is 294 g/mol. The second-order valence-electron chi connectivity index (χ2n) is 3.57. The number of hydrogen-bond acceptors (Lipinski definition) is 5. The maximum atomic E-state index is 11.8. The number of benzene rings is 1. The molecule has 7 nitrogen and oxygen atoms in total. The van der Waals surface area contributed by atoms with Crippen LogP contribution < -0.4 is 4.72 Å². The van der Waals surface area contributed by atoms with E-state index in [1.165, 1.54) is 13.0 Å². The van der Waals surface area contributed by atoms with Gasteiger partial charge in [0.2, 0.25) is 10.0 Å². The number of aliphatic hydroxyl groups excluding tert-OH is 1. The Balaban J connectivity index is 3.20. The molecule has 18 heavy (non-hydrogen) atoms. The number of halogens is 1. The van der Waals surface area contributed by atoms with Crippen LogP contribution >= 0.6 is 11.6 Å². The highest BCUT2D eigenvalue weighted by Gasteiger charge is 2.25. The fourth-order valence-corrected chi connectivity index (χ4v) is 2.61. The van der Waals surface area contributed by atoms with E-state index in [0.717, 1.165) is 12.1 Å². The predicted molar refractivity (Wildman–Crippen MR) is 65.0 cm³/mol. The molecule has 0 aromatic heterocycles. The minimum absolute atomic E-state index is 0.0659. The predicted octanol–water partition coefficient (Wildman–Crippen LogP) is 0.907. The molecule has 9 heteroatoms. The minimum atomic E-state index is -4.06. The van der Waals surface area contributed by atoms with E-state index >= 15 is 0 Å². The summed E-state index contributed by atoms with van der Waals surface area (Å²) in [5, 5.41) is 19.8. The van der Waals surface area contributed by atoms with Gasteiger partial charge in [-0.05, 0) is 19.1 Å². The maximum absolute atomic E-state index is 11.8. The number of aliphatic hydroxyl groups is 1. The number of sulfonamides is 1. The molecule has 0 spiro atoms. The number of hydrogen-bond donors (Lipinski definition) is 2. The van der Waals surface area contributed by atoms with Crippen molar-refractivity contribution in [3.63, 3.8) is 0 Å². The quantitative estimate of drug-likeness (QED) is 0.619. The standard InChI is InChI=1S/C9H11ClN2O5S/c1-6(13)5-11-18(16,17)9-3-2-7(10)4-8(9)12(14)15/h2-4,6,11,13H,5H2,1H3/t6-/m1/s1. The number of nitrogens with one attached hydrogen (secondary N) is 1. The summed E-state index contributed by atoms with van der Waals surface area (Å²) in [5.41, 5.74) is -0.611. The van der Waals surface area contributed by atoms with Crippen LogP contribution in [-0.4, -0.2) is 31.1 Å². The van der Waals surface area contributed by atoms with Crippen LogP contribution in [0.15, 0.2) is 23.1 Å². The average Bonchev–Trinajstić information content (AvgIpc) is 2.26. The zero-order valence-electron chi connectivity index (χ0n) is 9.33. The molecular weight excluding hydrogens is 284 g/mol. The van der Waals surface area contributed by atoms with Gasteiger partial charge in [-0.1, -0.05) is 11.6 Å². The average molecular weight is 295 g/mol. The van der Waals surface area contributed by atoms with Crippen LogP contribution in [0.5, 0.6) is 0 Å². The van der Waals surface area contributed by atoms with E-state index < -0.39 is 31.6 Å². The van der Waals surface area contributed by atoms with Gasteiger partial charge in [0, 0.05) is 17.6 Å². The van der Waals surface area contributed by atoms with Crippen molar-refractivity contribution in [1.29, 1.82) is 0 Å². The first-order valence-corrected chi connectivity index (χ1v) is 6.72. The first kappa shape index (κ1) is 14.8. The van der Waals surface area contributed by atoms with Gasteiger partial charge >= 0.3 is 0 Å². The number of nitrogens with zero attached hydrogens (tertiary/aromatic N) is 1. The lowest BCUT2D eigenvalue weighted by Crippen LogP contribution is -2.31. The smallest absolute Gasteiger partial charge is 0.290 e. The molecule has 0 amide bonds. The lowest BCUT2D eigenvalue weighted by Gasteiger charge is -2.08. The molecule has 1 aromatic rings. The van der Waals surface area contributed by atoms with Crippen molar-refractivity contribution in [2.45, 2.75) is 17.9 Å². The van der Waals surface area contributed by atoms with Gasteiger partial charge in [-0.3, -0.25) is 10.1 Å². The Morgan fingerprint density at radius 1 is 1.56 bits per heavy atom. The van der Waals surface area contributed by atoms with E-state index in [0.29, 0.717) is 0 Å². The number of rotatable bonds is 5. The summed E-state index contributed by atoms with van der Waals surface area (Å²) in [6, 6.07) is 3.24. The first-order valence-electron chi connectivity index (χ1n) is 4.85. The SMILES string of the molecule is C[C@@H](O)CNS(=O)(=O)c1ccc(Cl)cc1[N+](=O)[O-]. The fraction of sp³-hybridized carbons (Fsp3) is 0.333. The number of nitro benzene ring substituents is 1. The van der Waals surface area contributed by atoms with E-state index in [1.54, 1.807) is 0 Å². The van der Waals surface area contributed by atoms with Crippen molar-refractivity contribution in [2.75, 3.05) is 6.54 Å². The third-order valence-corrected chi connectivity index (χ3v) is 3.68. The molecule has 1 aromatic carbocycles. The second-order valence-corrected chi connectivity index (χ2v) is 5.74. The van der Waals surface area contributed by atoms with Gasteiger partial charge in [0.15, 0.2) is 4.90 Å². The van der Waals surface area contributed by atoms with E-state index in [4.69, 9.17) is 16.7 Å². The van der Waals surface area contributed by atoms with Crippen molar-refractivity contribution >= 4 is 27.3 Å². The van der Waals surface area contributed by atoms with Gasteiger partial charge in [0.25, 0.3) is 5.69 Å². The molecule has 0 radical (unpaired) electrons. The normalized spacial score (nSPS) is 13.3. The van der Waals surface area contributed by atoms with Crippen LogP contribution in [0.3, 0.4) is 0 Å². The zero-order chi connectivity index (χ0) is 13.9. The Morgan fingerprint density at radius 2 is 2.17 bits per heavy atom. The molecule has 0 fully saturated rings. The third kappa shape index (κ3) is 3.64. The Bertz CT molecular complexity index is 558. The van der Waals surface area contributed by atoms with Crippen molar-refractivity contribution in [3.8, 4) is 0 Å². The third-order valence-electron chi connectivity index (χ3n) is 1.98. The molecular formula is C9H11ClN2O5S. The largest absolute Gasteiger partial charge is 0.392 e. The summed E-state index contributed by atoms with van der Waals surface area (Å²) in [5.74, 6) is 0. The van der Waals surface area contributed by atoms with Crippen molar-refractivity contribution in [3.05, 3.63) is 33.3 Å². The molecule has 0 aliphatic rings. The van der Waals surface area contributed by atoms with Crippen LogP contribution in [0.25, 0.3) is 0 Å². The number of nitro groups is 1. The minimum Gasteiger partial charge on any atom is -0.392 e. The van der Waals surface area contributed by atoms with Crippen molar-refractivity contribution in [2.24, 2.45) is 0 Å². The summed E-state index contributed by atoms with van der Waals surface area (Å²) in [7, 11) is -4.06. The molecule has 0 saturated heterocycles. The zero-order valence-corrected chi connectivity index (χ0v) is 10.9.